The number of carbonyl (C=O) groups is 2. The largest absolute Gasteiger partial charge is 0.457 e. The summed E-state index contributed by atoms with van der Waals surface area (Å²) in [5.74, 6) is -0.0692. The molecule has 0 N–H and O–H groups in total. The lowest BCUT2D eigenvalue weighted by molar-refractivity contribution is -0.145. The third-order valence-electron chi connectivity index (χ3n) is 5.87. The van der Waals surface area contributed by atoms with Gasteiger partial charge in [0.15, 0.2) is 5.78 Å². The first kappa shape index (κ1) is 25.0. The van der Waals surface area contributed by atoms with Crippen LogP contribution in [0.2, 0.25) is 0 Å². The zero-order valence-corrected chi connectivity index (χ0v) is 20.5. The van der Waals surface area contributed by atoms with Crippen molar-refractivity contribution in [1.82, 2.24) is 13.9 Å². The van der Waals surface area contributed by atoms with Gasteiger partial charge in [-0.05, 0) is 24.6 Å². The van der Waals surface area contributed by atoms with Crippen LogP contribution in [0.25, 0.3) is 11.0 Å². The molecule has 2 aromatic carbocycles. The number of aromatic nitrogens is 2. The van der Waals surface area contributed by atoms with Crippen LogP contribution in [-0.4, -0.2) is 60.3 Å². The van der Waals surface area contributed by atoms with Crippen molar-refractivity contribution in [3.63, 3.8) is 0 Å². The topological polar surface area (TPSA) is 108 Å². The van der Waals surface area contributed by atoms with E-state index < -0.39 is 16.0 Å². The van der Waals surface area contributed by atoms with Gasteiger partial charge in [0.1, 0.15) is 12.4 Å². The predicted molar refractivity (Wildman–Crippen MR) is 129 cm³/mol. The van der Waals surface area contributed by atoms with Crippen LogP contribution in [0.4, 0.5) is 0 Å². The predicted octanol–water partition coefficient (Wildman–Crippen LogP) is 3.17. The van der Waals surface area contributed by atoms with Gasteiger partial charge in [0.05, 0.1) is 35.6 Å². The van der Waals surface area contributed by atoms with Crippen molar-refractivity contribution in [3.05, 3.63) is 59.9 Å². The van der Waals surface area contributed by atoms with E-state index in [1.807, 2.05) is 17.6 Å². The summed E-state index contributed by atoms with van der Waals surface area (Å²) in [6.45, 7) is 3.99. The number of sulfonamides is 1. The minimum Gasteiger partial charge on any atom is -0.457 e. The van der Waals surface area contributed by atoms with Crippen molar-refractivity contribution in [2.24, 2.45) is 0 Å². The molecule has 4 rings (SSSR count). The molecule has 0 radical (unpaired) electrons. The third-order valence-corrected chi connectivity index (χ3v) is 7.76. The first-order valence-electron chi connectivity index (χ1n) is 11.7. The highest BCUT2D eigenvalue weighted by atomic mass is 32.2. The Kier molecular flexibility index (Phi) is 7.94. The second-order valence-corrected chi connectivity index (χ2v) is 10.2. The second kappa shape index (κ2) is 11.1. The van der Waals surface area contributed by atoms with Crippen LogP contribution in [0.5, 0.6) is 0 Å². The maximum atomic E-state index is 13.0. The first-order valence-corrected chi connectivity index (χ1v) is 13.1. The number of hydrogen-bond donors (Lipinski definition) is 0. The highest BCUT2D eigenvalue weighted by Gasteiger charge is 2.27. The van der Waals surface area contributed by atoms with E-state index in [0.717, 1.165) is 11.9 Å². The summed E-state index contributed by atoms with van der Waals surface area (Å²) in [6, 6.07) is 13.7. The van der Waals surface area contributed by atoms with Crippen molar-refractivity contribution < 1.29 is 27.5 Å². The molecule has 0 saturated carbocycles. The molecule has 2 heterocycles. The molecular formula is C25H29N3O6S. The van der Waals surface area contributed by atoms with E-state index in [1.54, 1.807) is 42.5 Å². The number of nitrogens with zero attached hydrogens (tertiary/aromatic N) is 3. The van der Waals surface area contributed by atoms with E-state index in [-0.39, 0.29) is 30.1 Å². The number of ketones is 1. The summed E-state index contributed by atoms with van der Waals surface area (Å²) in [4.78, 5) is 29.3. The maximum absolute atomic E-state index is 13.0. The quantitative estimate of drug-likeness (QED) is 0.311. The molecule has 0 atom stereocenters. The first-order chi connectivity index (χ1) is 16.9. The number of benzene rings is 2. The molecule has 0 amide bonds. The zero-order valence-electron chi connectivity index (χ0n) is 19.7. The van der Waals surface area contributed by atoms with Crippen LogP contribution in [0.1, 0.15) is 42.4 Å². The van der Waals surface area contributed by atoms with Gasteiger partial charge in [0.25, 0.3) is 0 Å². The molecule has 1 fully saturated rings. The van der Waals surface area contributed by atoms with Gasteiger partial charge in [-0.3, -0.25) is 9.59 Å². The molecular weight excluding hydrogens is 470 g/mol. The normalized spacial score (nSPS) is 14.8. The molecule has 0 unspecified atom stereocenters. The van der Waals surface area contributed by atoms with Gasteiger partial charge < -0.3 is 14.0 Å². The summed E-state index contributed by atoms with van der Waals surface area (Å²) >= 11 is 0. The minimum absolute atomic E-state index is 0.0241. The number of imidazole rings is 1. The monoisotopic (exact) mass is 499 g/mol. The van der Waals surface area contributed by atoms with E-state index in [2.05, 4.69) is 4.98 Å². The average Bonchev–Trinajstić information content (AvgIpc) is 3.24. The number of Topliss-reactive ketones (excluding diaryl/α,β-unsaturated/α-hetero) is 1. The van der Waals surface area contributed by atoms with Gasteiger partial charge in [-0.2, -0.15) is 4.31 Å². The molecule has 0 spiro atoms. The Morgan fingerprint density at radius 2 is 1.80 bits per heavy atom. The number of esters is 1. The summed E-state index contributed by atoms with van der Waals surface area (Å²) in [7, 11) is -3.65. The molecule has 186 valence electrons. The fourth-order valence-electron chi connectivity index (χ4n) is 4.04. The Morgan fingerprint density at radius 3 is 2.51 bits per heavy atom. The molecule has 35 heavy (non-hydrogen) atoms. The Hall–Kier alpha value is -3.08. The number of fused-ring (bicyclic) bond motifs is 1. The van der Waals surface area contributed by atoms with Crippen molar-refractivity contribution in [2.75, 3.05) is 26.3 Å². The zero-order chi connectivity index (χ0) is 24.8. The molecule has 10 heteroatoms. The number of aryl methyl sites for hydroxylation is 1. The second-order valence-electron chi connectivity index (χ2n) is 8.30. The number of carbonyl (C=O) groups excluding carboxylic acids is 2. The lowest BCUT2D eigenvalue weighted by atomic mass is 10.1. The van der Waals surface area contributed by atoms with E-state index in [1.165, 1.54) is 4.31 Å². The Balaban J connectivity index is 1.46. The fourth-order valence-corrected chi connectivity index (χ4v) is 5.47. The van der Waals surface area contributed by atoms with Crippen LogP contribution in [0, 0.1) is 0 Å². The highest BCUT2D eigenvalue weighted by molar-refractivity contribution is 7.89. The summed E-state index contributed by atoms with van der Waals surface area (Å²) < 4.78 is 40.1. The molecule has 0 bridgehead atoms. The number of ether oxygens (including phenoxy) is 2. The van der Waals surface area contributed by atoms with Crippen LogP contribution in [0.3, 0.4) is 0 Å². The lowest BCUT2D eigenvalue weighted by Crippen LogP contribution is -2.40. The van der Waals surface area contributed by atoms with Crippen LogP contribution in [-0.2, 0) is 37.4 Å². The molecule has 1 aliphatic rings. The van der Waals surface area contributed by atoms with Crippen molar-refractivity contribution >= 4 is 32.8 Å². The fraction of sp³-hybridized carbons (Fsp3) is 0.400. The van der Waals surface area contributed by atoms with Gasteiger partial charge in [-0.25, -0.2) is 13.4 Å². The Bertz CT molecular complexity index is 1300. The van der Waals surface area contributed by atoms with E-state index >= 15 is 0 Å². The van der Waals surface area contributed by atoms with Gasteiger partial charge >= 0.3 is 5.97 Å². The van der Waals surface area contributed by atoms with E-state index in [0.29, 0.717) is 49.8 Å². The molecule has 0 aliphatic carbocycles. The standard InChI is InChI=1S/C25H29N3O6S/c1-2-12-28-22-9-8-20(35(31,32)27-13-15-33-16-14-27)17-21(22)26-24(28)18-34-25(30)11-10-23(29)19-6-4-3-5-7-19/h3-9,17H,2,10-16,18H2,1H3. The van der Waals surface area contributed by atoms with E-state index in [4.69, 9.17) is 9.47 Å². The maximum Gasteiger partial charge on any atom is 0.306 e. The summed E-state index contributed by atoms with van der Waals surface area (Å²) in [6.07, 6.45) is 0.868. The van der Waals surface area contributed by atoms with Crippen LogP contribution < -0.4 is 0 Å². The summed E-state index contributed by atoms with van der Waals surface area (Å²) in [5.41, 5.74) is 1.86. The van der Waals surface area contributed by atoms with Gasteiger partial charge in [-0.15, -0.1) is 0 Å². The number of rotatable bonds is 10. The molecule has 1 saturated heterocycles. The molecule has 9 nitrogen and oxygen atoms in total. The van der Waals surface area contributed by atoms with Crippen molar-refractivity contribution in [3.8, 4) is 0 Å². The Labute approximate surface area is 204 Å². The number of hydrogen-bond acceptors (Lipinski definition) is 7. The highest BCUT2D eigenvalue weighted by Crippen LogP contribution is 2.24. The van der Waals surface area contributed by atoms with Crippen molar-refractivity contribution in [2.45, 2.75) is 44.2 Å². The van der Waals surface area contributed by atoms with Crippen molar-refractivity contribution in [1.29, 1.82) is 0 Å². The number of morpholine rings is 1. The molecule has 1 aromatic heterocycles. The van der Waals surface area contributed by atoms with Crippen LogP contribution >= 0.6 is 0 Å². The summed E-state index contributed by atoms with van der Waals surface area (Å²) in [5, 5.41) is 0. The third kappa shape index (κ3) is 5.77. The van der Waals surface area contributed by atoms with E-state index in [9.17, 15) is 18.0 Å². The van der Waals surface area contributed by atoms with Gasteiger partial charge in [0, 0.05) is 31.6 Å². The van der Waals surface area contributed by atoms with Gasteiger partial charge in [-0.1, -0.05) is 37.3 Å². The minimum atomic E-state index is -3.65. The SMILES string of the molecule is CCCn1c(COC(=O)CCC(=O)c2ccccc2)nc2cc(S(=O)(=O)N3CCOCC3)ccc21. The lowest BCUT2D eigenvalue weighted by Gasteiger charge is -2.26. The van der Waals surface area contributed by atoms with Gasteiger partial charge in [0.2, 0.25) is 10.0 Å². The molecule has 1 aliphatic heterocycles. The Morgan fingerprint density at radius 1 is 1.06 bits per heavy atom. The smallest absolute Gasteiger partial charge is 0.306 e. The average molecular weight is 500 g/mol. The molecule has 3 aromatic rings. The van der Waals surface area contributed by atoms with Crippen LogP contribution in [0.15, 0.2) is 53.4 Å².